The molecule has 9 heteroatoms. The monoisotopic (exact) mass is 423 g/mol. The van der Waals surface area contributed by atoms with E-state index in [2.05, 4.69) is 20.3 Å². The summed E-state index contributed by atoms with van der Waals surface area (Å²) in [6, 6.07) is 7.56. The molecule has 2 N–H and O–H groups in total. The van der Waals surface area contributed by atoms with Gasteiger partial charge in [-0.15, -0.1) is 11.3 Å². The fourth-order valence-electron chi connectivity index (χ4n) is 3.06. The van der Waals surface area contributed by atoms with Crippen LogP contribution in [0.2, 0.25) is 0 Å². The third-order valence-corrected chi connectivity index (χ3v) is 5.57. The summed E-state index contributed by atoms with van der Waals surface area (Å²) in [7, 11) is 0. The Bertz CT molecular complexity index is 1210. The van der Waals surface area contributed by atoms with E-state index in [1.54, 1.807) is 12.5 Å². The van der Waals surface area contributed by atoms with E-state index in [9.17, 15) is 9.59 Å². The number of imidazole rings is 1. The lowest BCUT2D eigenvalue weighted by Crippen LogP contribution is -2.27. The number of hydrogen-bond donors (Lipinski definition) is 2. The van der Waals surface area contributed by atoms with Gasteiger partial charge in [-0.2, -0.15) is 0 Å². The van der Waals surface area contributed by atoms with Gasteiger partial charge in [-0.05, 0) is 42.0 Å². The third-order valence-electron chi connectivity index (χ3n) is 4.58. The molecule has 4 aromatic rings. The van der Waals surface area contributed by atoms with Crippen molar-refractivity contribution in [3.05, 3.63) is 75.7 Å². The number of thiophene rings is 1. The Kier molecular flexibility index (Phi) is 5.89. The van der Waals surface area contributed by atoms with Gasteiger partial charge in [0.05, 0.1) is 18.3 Å². The number of amides is 1. The van der Waals surface area contributed by atoms with E-state index in [0.717, 1.165) is 29.8 Å². The summed E-state index contributed by atoms with van der Waals surface area (Å²) in [5, 5.41) is 5.19. The van der Waals surface area contributed by atoms with Crippen molar-refractivity contribution in [1.82, 2.24) is 24.8 Å². The average molecular weight is 423 g/mol. The van der Waals surface area contributed by atoms with E-state index >= 15 is 0 Å². The summed E-state index contributed by atoms with van der Waals surface area (Å²) >= 11 is 1.35. The standard InChI is InChI=1S/C21H21N5O3S/c1-14-12-30-21-17(14)19(27)24-18(25-21)20(28)23-11-15-4-2-5-16(10-15)29-9-3-7-26-8-6-22-13-26/h2,4-6,8,10,12-13H,3,7,9,11H2,1H3,(H,23,28)(H,24,25,27). The highest BCUT2D eigenvalue weighted by atomic mass is 32.1. The molecule has 0 radical (unpaired) electrons. The van der Waals surface area contributed by atoms with Gasteiger partial charge in [-0.25, -0.2) is 9.97 Å². The van der Waals surface area contributed by atoms with Gasteiger partial charge in [0.25, 0.3) is 11.5 Å². The molecule has 1 aromatic carbocycles. The molecule has 8 nitrogen and oxygen atoms in total. The second-order valence-electron chi connectivity index (χ2n) is 6.85. The molecule has 3 aromatic heterocycles. The van der Waals surface area contributed by atoms with E-state index in [1.807, 2.05) is 47.3 Å². The second-order valence-corrected chi connectivity index (χ2v) is 7.70. The predicted molar refractivity (Wildman–Crippen MR) is 115 cm³/mol. The lowest BCUT2D eigenvalue weighted by atomic mass is 10.2. The van der Waals surface area contributed by atoms with Crippen molar-refractivity contribution in [2.24, 2.45) is 0 Å². The molecule has 0 fully saturated rings. The third kappa shape index (κ3) is 4.57. The number of nitrogens with zero attached hydrogens (tertiary/aromatic N) is 3. The molecule has 0 spiro atoms. The maximum absolute atomic E-state index is 12.5. The fourth-order valence-corrected chi connectivity index (χ4v) is 3.99. The molecule has 0 atom stereocenters. The highest BCUT2D eigenvalue weighted by Crippen LogP contribution is 2.19. The largest absolute Gasteiger partial charge is 0.494 e. The Morgan fingerprint density at radius 3 is 3.10 bits per heavy atom. The van der Waals surface area contributed by atoms with Gasteiger partial charge in [0.2, 0.25) is 5.82 Å². The summed E-state index contributed by atoms with van der Waals surface area (Å²) in [6.07, 6.45) is 6.32. The number of H-pyrrole nitrogens is 1. The van der Waals surface area contributed by atoms with Crippen LogP contribution in [0.1, 0.15) is 28.2 Å². The summed E-state index contributed by atoms with van der Waals surface area (Å²) in [4.78, 5) is 36.1. The maximum Gasteiger partial charge on any atom is 0.287 e. The normalized spacial score (nSPS) is 11.0. The van der Waals surface area contributed by atoms with Crippen molar-refractivity contribution < 1.29 is 9.53 Å². The molecule has 0 aliphatic heterocycles. The molecule has 4 rings (SSSR count). The number of aryl methyl sites for hydroxylation is 2. The number of carbonyl (C=O) groups is 1. The molecular weight excluding hydrogens is 402 g/mol. The number of hydrogen-bond acceptors (Lipinski definition) is 6. The molecule has 0 saturated heterocycles. The van der Waals surface area contributed by atoms with Gasteiger partial charge in [0, 0.05) is 25.5 Å². The van der Waals surface area contributed by atoms with Crippen LogP contribution in [0.25, 0.3) is 10.2 Å². The van der Waals surface area contributed by atoms with Crippen LogP contribution in [0.4, 0.5) is 0 Å². The highest BCUT2D eigenvalue weighted by molar-refractivity contribution is 7.16. The van der Waals surface area contributed by atoms with Gasteiger partial charge < -0.3 is 19.6 Å². The van der Waals surface area contributed by atoms with Crippen molar-refractivity contribution in [3.8, 4) is 5.75 Å². The lowest BCUT2D eigenvalue weighted by Gasteiger charge is -2.09. The zero-order valence-corrected chi connectivity index (χ0v) is 17.2. The number of rotatable bonds is 8. The van der Waals surface area contributed by atoms with Crippen LogP contribution in [0.5, 0.6) is 5.75 Å². The number of nitrogens with one attached hydrogen (secondary N) is 2. The second kappa shape index (κ2) is 8.91. The topological polar surface area (TPSA) is 102 Å². The van der Waals surface area contributed by atoms with Crippen LogP contribution in [0.3, 0.4) is 0 Å². The van der Waals surface area contributed by atoms with E-state index in [-0.39, 0.29) is 11.4 Å². The van der Waals surface area contributed by atoms with Gasteiger partial charge in [0.15, 0.2) is 0 Å². The van der Waals surface area contributed by atoms with Crippen LogP contribution < -0.4 is 15.6 Å². The van der Waals surface area contributed by atoms with Crippen LogP contribution in [-0.2, 0) is 13.1 Å². The molecule has 30 heavy (non-hydrogen) atoms. The van der Waals surface area contributed by atoms with E-state index in [1.165, 1.54) is 11.3 Å². The quantitative estimate of drug-likeness (QED) is 0.424. The van der Waals surface area contributed by atoms with Crippen molar-refractivity contribution >= 4 is 27.5 Å². The highest BCUT2D eigenvalue weighted by Gasteiger charge is 2.13. The lowest BCUT2D eigenvalue weighted by molar-refractivity contribution is 0.0940. The van der Waals surface area contributed by atoms with Gasteiger partial charge >= 0.3 is 0 Å². The molecule has 0 saturated carbocycles. The maximum atomic E-state index is 12.5. The van der Waals surface area contributed by atoms with Gasteiger partial charge in [-0.3, -0.25) is 9.59 Å². The van der Waals surface area contributed by atoms with Crippen LogP contribution in [0, 0.1) is 6.92 Å². The Morgan fingerprint density at radius 2 is 2.27 bits per heavy atom. The molecule has 0 bridgehead atoms. The summed E-state index contributed by atoms with van der Waals surface area (Å²) < 4.78 is 7.80. The molecular formula is C21H21N5O3S. The summed E-state index contributed by atoms with van der Waals surface area (Å²) in [6.45, 7) is 3.58. The van der Waals surface area contributed by atoms with Crippen molar-refractivity contribution in [2.75, 3.05) is 6.61 Å². The minimum atomic E-state index is -0.424. The van der Waals surface area contributed by atoms with Crippen LogP contribution >= 0.6 is 11.3 Å². The molecule has 1 amide bonds. The molecule has 0 aliphatic rings. The van der Waals surface area contributed by atoms with Crippen molar-refractivity contribution in [3.63, 3.8) is 0 Å². The Balaban J connectivity index is 1.33. The first kappa shape index (κ1) is 19.8. The number of fused-ring (bicyclic) bond motifs is 1. The molecule has 0 unspecified atom stereocenters. The van der Waals surface area contributed by atoms with Crippen LogP contribution in [-0.4, -0.2) is 32.0 Å². The Morgan fingerprint density at radius 1 is 1.37 bits per heavy atom. The van der Waals surface area contributed by atoms with E-state index in [4.69, 9.17) is 4.74 Å². The van der Waals surface area contributed by atoms with Gasteiger partial charge in [0.1, 0.15) is 10.6 Å². The predicted octanol–water partition coefficient (Wildman–Crippen LogP) is 2.89. The zero-order chi connectivity index (χ0) is 20.9. The Labute approximate surface area is 176 Å². The number of benzene rings is 1. The summed E-state index contributed by atoms with van der Waals surface area (Å²) in [5.41, 5.74) is 1.46. The van der Waals surface area contributed by atoms with Gasteiger partial charge in [-0.1, -0.05) is 12.1 Å². The minimum absolute atomic E-state index is 0.0151. The average Bonchev–Trinajstić information content (AvgIpc) is 3.40. The van der Waals surface area contributed by atoms with Crippen molar-refractivity contribution in [1.29, 1.82) is 0 Å². The molecule has 0 aliphatic carbocycles. The van der Waals surface area contributed by atoms with Crippen molar-refractivity contribution in [2.45, 2.75) is 26.4 Å². The first-order chi connectivity index (χ1) is 14.6. The fraction of sp³-hybridized carbons (Fsp3) is 0.238. The molecule has 154 valence electrons. The van der Waals surface area contributed by atoms with E-state index < -0.39 is 5.91 Å². The number of aromatic amines is 1. The number of aromatic nitrogens is 4. The van der Waals surface area contributed by atoms with E-state index in [0.29, 0.717) is 23.4 Å². The number of ether oxygens (including phenoxy) is 1. The Hall–Kier alpha value is -3.46. The first-order valence-corrected chi connectivity index (χ1v) is 10.4. The SMILES string of the molecule is Cc1csc2nc(C(=O)NCc3cccc(OCCCn4ccnc4)c3)[nH]c(=O)c12. The zero-order valence-electron chi connectivity index (χ0n) is 16.4. The smallest absolute Gasteiger partial charge is 0.287 e. The number of carbonyl (C=O) groups excluding carboxylic acids is 1. The van der Waals surface area contributed by atoms with Crippen LogP contribution in [0.15, 0.2) is 53.2 Å². The minimum Gasteiger partial charge on any atom is -0.494 e. The summed E-state index contributed by atoms with van der Waals surface area (Å²) in [5.74, 6) is 0.336. The first-order valence-electron chi connectivity index (χ1n) is 9.54. The molecule has 3 heterocycles.